The maximum absolute atomic E-state index is 9.90. The summed E-state index contributed by atoms with van der Waals surface area (Å²) in [5, 5.41) is 16.8. The predicted octanol–water partition coefficient (Wildman–Crippen LogP) is 1.62. The van der Waals surface area contributed by atoms with Gasteiger partial charge in [0.2, 0.25) is 0 Å². The van der Waals surface area contributed by atoms with Crippen molar-refractivity contribution in [2.24, 2.45) is 0 Å². The summed E-state index contributed by atoms with van der Waals surface area (Å²) in [7, 11) is 0. The van der Waals surface area contributed by atoms with Gasteiger partial charge in [-0.3, -0.25) is 0 Å². The molecule has 0 amide bonds. The van der Waals surface area contributed by atoms with E-state index in [1.807, 2.05) is 18.2 Å². The van der Waals surface area contributed by atoms with E-state index >= 15 is 0 Å². The Balaban J connectivity index is 2.00. The molecule has 1 fully saturated rings. The van der Waals surface area contributed by atoms with Gasteiger partial charge in [0.25, 0.3) is 0 Å². The van der Waals surface area contributed by atoms with Gasteiger partial charge in [0, 0.05) is 30.1 Å². The third-order valence-electron chi connectivity index (χ3n) is 3.53. The van der Waals surface area contributed by atoms with Crippen LogP contribution in [0.1, 0.15) is 25.8 Å². The normalized spacial score (nSPS) is 20.7. The molecule has 0 radical (unpaired) electrons. The largest absolute Gasteiger partial charge is 0.508 e. The number of hydrogen-bond donors (Lipinski definition) is 3. The number of benzene rings is 1. The van der Waals surface area contributed by atoms with Gasteiger partial charge in [0.15, 0.2) is 0 Å². The summed E-state index contributed by atoms with van der Waals surface area (Å²) in [4.78, 5) is 0. The van der Waals surface area contributed by atoms with Gasteiger partial charge in [-0.25, -0.2) is 0 Å². The minimum Gasteiger partial charge on any atom is -0.508 e. The lowest BCUT2D eigenvalue weighted by molar-refractivity contribution is 0.400. The van der Waals surface area contributed by atoms with Crippen molar-refractivity contribution in [2.75, 3.05) is 19.6 Å². The molecule has 1 aromatic carbocycles. The zero-order valence-electron chi connectivity index (χ0n) is 10.7. The fraction of sp³-hybridized carbons (Fsp3) is 0.571. The summed E-state index contributed by atoms with van der Waals surface area (Å²) in [6.07, 6.45) is 1.19. The van der Waals surface area contributed by atoms with Crippen LogP contribution in [0.15, 0.2) is 24.3 Å². The third-order valence-corrected chi connectivity index (χ3v) is 3.53. The third kappa shape index (κ3) is 2.99. The quantitative estimate of drug-likeness (QED) is 0.742. The van der Waals surface area contributed by atoms with Crippen molar-refractivity contribution in [3.8, 4) is 5.75 Å². The van der Waals surface area contributed by atoms with Crippen LogP contribution in [0.5, 0.6) is 5.75 Å². The molecule has 3 nitrogen and oxygen atoms in total. The van der Waals surface area contributed by atoms with Gasteiger partial charge in [-0.05, 0) is 19.0 Å². The molecule has 0 saturated carbocycles. The van der Waals surface area contributed by atoms with Crippen molar-refractivity contribution in [1.82, 2.24) is 10.6 Å². The monoisotopic (exact) mass is 234 g/mol. The number of rotatable bonds is 4. The van der Waals surface area contributed by atoms with Gasteiger partial charge in [0.05, 0.1) is 0 Å². The van der Waals surface area contributed by atoms with E-state index in [4.69, 9.17) is 0 Å². The number of phenolic OH excluding ortho intramolecular Hbond substituents is 1. The van der Waals surface area contributed by atoms with Crippen molar-refractivity contribution in [3.63, 3.8) is 0 Å². The highest BCUT2D eigenvalue weighted by Crippen LogP contribution is 2.30. The molecule has 1 aliphatic heterocycles. The zero-order chi connectivity index (χ0) is 12.3. The number of nitrogens with one attached hydrogen (secondary N) is 2. The minimum absolute atomic E-state index is 0.0477. The molecule has 3 heteroatoms. The maximum atomic E-state index is 9.90. The highest BCUT2D eigenvalue weighted by molar-refractivity contribution is 5.37. The van der Waals surface area contributed by atoms with E-state index in [1.54, 1.807) is 6.07 Å². The van der Waals surface area contributed by atoms with Crippen LogP contribution in [0.4, 0.5) is 0 Å². The van der Waals surface area contributed by atoms with E-state index in [2.05, 4.69) is 24.5 Å². The Labute approximate surface area is 103 Å². The molecule has 1 unspecified atom stereocenters. The highest BCUT2D eigenvalue weighted by atomic mass is 16.3. The maximum Gasteiger partial charge on any atom is 0.119 e. The Bertz CT molecular complexity index is 370. The second kappa shape index (κ2) is 5.07. The number of hydrogen-bond acceptors (Lipinski definition) is 3. The van der Waals surface area contributed by atoms with Crippen LogP contribution < -0.4 is 10.6 Å². The lowest BCUT2D eigenvalue weighted by atomic mass is 9.83. The van der Waals surface area contributed by atoms with E-state index in [1.165, 1.54) is 6.42 Å². The van der Waals surface area contributed by atoms with E-state index in [-0.39, 0.29) is 5.41 Å². The second-order valence-electron chi connectivity index (χ2n) is 5.47. The van der Waals surface area contributed by atoms with Crippen molar-refractivity contribution in [3.05, 3.63) is 29.8 Å². The molecule has 1 aliphatic rings. The number of phenols is 1. The summed E-state index contributed by atoms with van der Waals surface area (Å²) < 4.78 is 0. The molecule has 1 heterocycles. The van der Waals surface area contributed by atoms with Crippen LogP contribution in [0.2, 0.25) is 0 Å². The zero-order valence-corrected chi connectivity index (χ0v) is 10.7. The molecule has 0 bridgehead atoms. The SMILES string of the molecule is CC(C)(CNC1CCNC1)c1ccccc1O. The van der Waals surface area contributed by atoms with Crippen LogP contribution >= 0.6 is 0 Å². The highest BCUT2D eigenvalue weighted by Gasteiger charge is 2.25. The fourth-order valence-corrected chi connectivity index (χ4v) is 2.37. The van der Waals surface area contributed by atoms with Gasteiger partial charge in [-0.15, -0.1) is 0 Å². The average Bonchev–Trinajstić information content (AvgIpc) is 2.80. The Hall–Kier alpha value is -1.06. The topological polar surface area (TPSA) is 44.3 Å². The summed E-state index contributed by atoms with van der Waals surface area (Å²) in [6.45, 7) is 7.37. The Morgan fingerprint density at radius 1 is 1.41 bits per heavy atom. The molecule has 1 saturated heterocycles. The van der Waals surface area contributed by atoms with Crippen molar-refractivity contribution in [2.45, 2.75) is 31.7 Å². The molecule has 0 spiro atoms. The lowest BCUT2D eigenvalue weighted by Gasteiger charge is -2.28. The Morgan fingerprint density at radius 3 is 2.82 bits per heavy atom. The predicted molar refractivity (Wildman–Crippen MR) is 70.4 cm³/mol. The summed E-state index contributed by atoms with van der Waals surface area (Å²) >= 11 is 0. The molecule has 1 atom stereocenters. The molecule has 2 rings (SSSR count). The molecule has 17 heavy (non-hydrogen) atoms. The van der Waals surface area contributed by atoms with Crippen LogP contribution in [-0.4, -0.2) is 30.8 Å². The Morgan fingerprint density at radius 2 is 2.18 bits per heavy atom. The summed E-state index contributed by atoms with van der Waals surface area (Å²) in [5.41, 5.74) is 0.965. The van der Waals surface area contributed by atoms with E-state index in [0.29, 0.717) is 11.8 Å². The van der Waals surface area contributed by atoms with Gasteiger partial charge < -0.3 is 15.7 Å². The molecule has 94 valence electrons. The van der Waals surface area contributed by atoms with Crippen molar-refractivity contribution < 1.29 is 5.11 Å². The first-order chi connectivity index (χ1) is 8.09. The van der Waals surface area contributed by atoms with Crippen LogP contribution in [-0.2, 0) is 5.41 Å². The summed E-state index contributed by atoms with van der Waals surface area (Å²) in [5.74, 6) is 0.392. The molecule has 1 aromatic rings. The van der Waals surface area contributed by atoms with Gasteiger partial charge in [-0.2, -0.15) is 0 Å². The average molecular weight is 234 g/mol. The Kier molecular flexibility index (Phi) is 3.69. The molecular weight excluding hydrogens is 212 g/mol. The van der Waals surface area contributed by atoms with Crippen LogP contribution in [0.3, 0.4) is 0 Å². The van der Waals surface area contributed by atoms with Crippen LogP contribution in [0, 0.1) is 0 Å². The molecule has 3 N–H and O–H groups in total. The summed E-state index contributed by atoms with van der Waals surface area (Å²) in [6, 6.07) is 8.18. The first-order valence-electron chi connectivity index (χ1n) is 6.32. The number of para-hydroxylation sites is 1. The van der Waals surface area contributed by atoms with Gasteiger partial charge >= 0.3 is 0 Å². The van der Waals surface area contributed by atoms with E-state index < -0.39 is 0 Å². The van der Waals surface area contributed by atoms with Crippen molar-refractivity contribution in [1.29, 1.82) is 0 Å². The molecule has 0 aromatic heterocycles. The fourth-order valence-electron chi connectivity index (χ4n) is 2.37. The molecule has 0 aliphatic carbocycles. The lowest BCUT2D eigenvalue weighted by Crippen LogP contribution is -2.40. The van der Waals surface area contributed by atoms with Crippen molar-refractivity contribution >= 4 is 0 Å². The standard InChI is InChI=1S/C14H22N2O/c1-14(2,10-16-11-7-8-15-9-11)12-5-3-4-6-13(12)17/h3-6,11,15-17H,7-10H2,1-2H3. The van der Waals surface area contributed by atoms with Gasteiger partial charge in [-0.1, -0.05) is 32.0 Å². The molecular formula is C14H22N2O. The number of aromatic hydroxyl groups is 1. The van der Waals surface area contributed by atoms with Crippen LogP contribution in [0.25, 0.3) is 0 Å². The first-order valence-corrected chi connectivity index (χ1v) is 6.32. The smallest absolute Gasteiger partial charge is 0.119 e. The van der Waals surface area contributed by atoms with E-state index in [9.17, 15) is 5.11 Å². The first kappa shape index (κ1) is 12.4. The van der Waals surface area contributed by atoms with Gasteiger partial charge in [0.1, 0.15) is 5.75 Å². The van der Waals surface area contributed by atoms with E-state index in [0.717, 1.165) is 25.2 Å². The minimum atomic E-state index is -0.0477. The second-order valence-corrected chi connectivity index (χ2v) is 5.47.